The Hall–Kier alpha value is -2.28. The zero-order valence-electron chi connectivity index (χ0n) is 12.6. The van der Waals surface area contributed by atoms with E-state index in [1.807, 2.05) is 24.3 Å². The number of aromatic nitrogens is 2. The highest BCUT2D eigenvalue weighted by atomic mass is 79.9. The second-order valence-electron chi connectivity index (χ2n) is 5.04. The number of hydrogen-bond donors (Lipinski definition) is 1. The van der Waals surface area contributed by atoms with Crippen LogP contribution in [0.3, 0.4) is 0 Å². The summed E-state index contributed by atoms with van der Waals surface area (Å²) in [5.41, 5.74) is 1.82. The molecule has 2 rings (SSSR count). The van der Waals surface area contributed by atoms with E-state index in [9.17, 15) is 9.59 Å². The molecule has 1 amide bonds. The lowest BCUT2D eigenvalue weighted by atomic mass is 10.2. The van der Waals surface area contributed by atoms with Crippen LogP contribution in [0.2, 0.25) is 0 Å². The zero-order chi connectivity index (χ0) is 16.8. The molecule has 23 heavy (non-hydrogen) atoms. The monoisotopic (exact) mass is 377 g/mol. The van der Waals surface area contributed by atoms with E-state index < -0.39 is 5.97 Å². The molecular weight excluding hydrogens is 362 g/mol. The molecule has 0 saturated carbocycles. The highest BCUT2D eigenvalue weighted by Crippen LogP contribution is 2.15. The molecule has 0 spiro atoms. The molecule has 0 saturated heterocycles. The van der Waals surface area contributed by atoms with Crippen molar-refractivity contribution in [1.29, 1.82) is 0 Å². The summed E-state index contributed by atoms with van der Waals surface area (Å²) in [4.78, 5) is 33.0. The van der Waals surface area contributed by atoms with Crippen molar-refractivity contribution in [2.75, 3.05) is 6.54 Å². The van der Waals surface area contributed by atoms with E-state index in [-0.39, 0.29) is 24.6 Å². The molecule has 120 valence electrons. The van der Waals surface area contributed by atoms with Gasteiger partial charge in [-0.05, 0) is 24.6 Å². The van der Waals surface area contributed by atoms with Gasteiger partial charge in [0.05, 0.1) is 18.3 Å². The molecule has 0 atom stereocenters. The molecule has 0 aliphatic rings. The van der Waals surface area contributed by atoms with Crippen molar-refractivity contribution >= 4 is 27.8 Å². The summed E-state index contributed by atoms with van der Waals surface area (Å²) in [5, 5.41) is 8.89. The van der Waals surface area contributed by atoms with Gasteiger partial charge in [-0.15, -0.1) is 0 Å². The topological polar surface area (TPSA) is 83.4 Å². The Morgan fingerprint density at radius 1 is 1.26 bits per heavy atom. The van der Waals surface area contributed by atoms with E-state index in [0.29, 0.717) is 12.2 Å². The highest BCUT2D eigenvalue weighted by molar-refractivity contribution is 9.10. The van der Waals surface area contributed by atoms with Gasteiger partial charge in [-0.3, -0.25) is 14.6 Å². The summed E-state index contributed by atoms with van der Waals surface area (Å²) in [6, 6.07) is 7.53. The first-order valence-electron chi connectivity index (χ1n) is 7.00. The number of carboxylic acid groups (broad SMARTS) is 1. The van der Waals surface area contributed by atoms with Crippen molar-refractivity contribution in [1.82, 2.24) is 14.9 Å². The minimum atomic E-state index is -0.952. The van der Waals surface area contributed by atoms with Gasteiger partial charge in [-0.25, -0.2) is 4.98 Å². The number of aryl methyl sites for hydroxylation is 1. The predicted octanol–water partition coefficient (Wildman–Crippen LogP) is 2.66. The third-order valence-electron chi connectivity index (χ3n) is 3.15. The highest BCUT2D eigenvalue weighted by Gasteiger charge is 2.19. The molecule has 6 nitrogen and oxygen atoms in total. The van der Waals surface area contributed by atoms with Crippen molar-refractivity contribution in [2.24, 2.45) is 0 Å². The maximum Gasteiger partial charge on any atom is 0.305 e. The van der Waals surface area contributed by atoms with Crippen LogP contribution in [0.25, 0.3) is 0 Å². The lowest BCUT2D eigenvalue weighted by Gasteiger charge is -2.21. The van der Waals surface area contributed by atoms with E-state index in [0.717, 1.165) is 10.0 Å². The average Bonchev–Trinajstić information content (AvgIpc) is 2.51. The zero-order valence-corrected chi connectivity index (χ0v) is 14.2. The Balaban J connectivity index is 2.20. The number of carboxylic acids is 1. The lowest BCUT2D eigenvalue weighted by Crippen LogP contribution is -2.33. The smallest absolute Gasteiger partial charge is 0.305 e. The Bertz CT molecular complexity index is 704. The summed E-state index contributed by atoms with van der Waals surface area (Å²) >= 11 is 3.38. The summed E-state index contributed by atoms with van der Waals surface area (Å²) in [6.45, 7) is 2.20. The third kappa shape index (κ3) is 5.14. The number of hydrogen-bond acceptors (Lipinski definition) is 4. The van der Waals surface area contributed by atoms with Crippen molar-refractivity contribution < 1.29 is 14.7 Å². The fourth-order valence-corrected chi connectivity index (χ4v) is 2.45. The maximum atomic E-state index is 12.6. The number of aliphatic carboxylic acids is 1. The maximum absolute atomic E-state index is 12.6. The summed E-state index contributed by atoms with van der Waals surface area (Å²) in [6.07, 6.45) is 2.80. The minimum Gasteiger partial charge on any atom is -0.481 e. The largest absolute Gasteiger partial charge is 0.481 e. The van der Waals surface area contributed by atoms with E-state index in [2.05, 4.69) is 25.9 Å². The van der Waals surface area contributed by atoms with Crippen molar-refractivity contribution in [3.8, 4) is 0 Å². The molecule has 0 fully saturated rings. The number of amides is 1. The van der Waals surface area contributed by atoms with Crippen molar-refractivity contribution in [2.45, 2.75) is 19.9 Å². The standard InChI is InChI=1S/C16H16BrN3O3/c1-11-8-19-14(9-18-11)16(23)20(6-5-15(21)22)10-12-3-2-4-13(17)7-12/h2-4,7-9H,5-6,10H2,1H3,(H,21,22). The molecule has 0 aliphatic carbocycles. The molecule has 1 aromatic heterocycles. The van der Waals surface area contributed by atoms with Gasteiger partial charge in [0, 0.05) is 23.8 Å². The molecule has 1 aromatic carbocycles. The number of carbonyl (C=O) groups excluding carboxylic acids is 1. The fourth-order valence-electron chi connectivity index (χ4n) is 2.00. The van der Waals surface area contributed by atoms with Crippen LogP contribution in [0.1, 0.15) is 28.2 Å². The second-order valence-corrected chi connectivity index (χ2v) is 5.96. The molecule has 1 heterocycles. The van der Waals surface area contributed by atoms with Crippen LogP contribution >= 0.6 is 15.9 Å². The van der Waals surface area contributed by atoms with Gasteiger partial charge in [0.2, 0.25) is 0 Å². The number of benzene rings is 1. The van der Waals surface area contributed by atoms with Crippen LogP contribution in [0, 0.1) is 6.92 Å². The Morgan fingerprint density at radius 2 is 2.04 bits per heavy atom. The van der Waals surface area contributed by atoms with Crippen molar-refractivity contribution in [3.63, 3.8) is 0 Å². The van der Waals surface area contributed by atoms with E-state index in [4.69, 9.17) is 5.11 Å². The van der Waals surface area contributed by atoms with Gasteiger partial charge in [-0.1, -0.05) is 28.1 Å². The normalized spacial score (nSPS) is 10.3. The summed E-state index contributed by atoms with van der Waals surface area (Å²) in [5.74, 6) is -1.29. The fraction of sp³-hybridized carbons (Fsp3) is 0.250. The number of nitrogens with zero attached hydrogens (tertiary/aromatic N) is 3. The molecular formula is C16H16BrN3O3. The van der Waals surface area contributed by atoms with Crippen LogP contribution in [0.15, 0.2) is 41.1 Å². The molecule has 0 bridgehead atoms. The second kappa shape index (κ2) is 7.82. The van der Waals surface area contributed by atoms with Crippen LogP contribution in [-0.4, -0.2) is 38.4 Å². The van der Waals surface area contributed by atoms with Crippen LogP contribution in [0.4, 0.5) is 0 Å². The number of rotatable bonds is 6. The first-order chi connectivity index (χ1) is 11.0. The van der Waals surface area contributed by atoms with Crippen LogP contribution < -0.4 is 0 Å². The van der Waals surface area contributed by atoms with Crippen LogP contribution in [0.5, 0.6) is 0 Å². The van der Waals surface area contributed by atoms with Gasteiger partial charge in [0.15, 0.2) is 0 Å². The van der Waals surface area contributed by atoms with E-state index >= 15 is 0 Å². The predicted molar refractivity (Wildman–Crippen MR) is 87.9 cm³/mol. The molecule has 2 aromatic rings. The van der Waals surface area contributed by atoms with Crippen molar-refractivity contribution in [3.05, 3.63) is 58.1 Å². The first-order valence-corrected chi connectivity index (χ1v) is 7.79. The van der Waals surface area contributed by atoms with Gasteiger partial charge in [0.25, 0.3) is 5.91 Å². The molecule has 0 radical (unpaired) electrons. The number of carbonyl (C=O) groups is 2. The molecule has 0 aliphatic heterocycles. The Labute approximate surface area is 142 Å². The molecule has 7 heteroatoms. The summed E-state index contributed by atoms with van der Waals surface area (Å²) < 4.78 is 0.899. The van der Waals surface area contributed by atoms with Gasteiger partial charge in [0.1, 0.15) is 5.69 Å². The average molecular weight is 378 g/mol. The summed E-state index contributed by atoms with van der Waals surface area (Å²) in [7, 11) is 0. The first kappa shape index (κ1) is 17.1. The van der Waals surface area contributed by atoms with Gasteiger partial charge >= 0.3 is 5.97 Å². The van der Waals surface area contributed by atoms with E-state index in [1.54, 1.807) is 6.92 Å². The molecule has 1 N–H and O–H groups in total. The van der Waals surface area contributed by atoms with Gasteiger partial charge < -0.3 is 10.0 Å². The quantitative estimate of drug-likeness (QED) is 0.836. The number of halogens is 1. The molecule has 0 unspecified atom stereocenters. The lowest BCUT2D eigenvalue weighted by molar-refractivity contribution is -0.137. The SMILES string of the molecule is Cc1cnc(C(=O)N(CCC(=O)O)Cc2cccc(Br)c2)cn1. The Morgan fingerprint density at radius 3 is 2.65 bits per heavy atom. The van der Waals surface area contributed by atoms with Gasteiger partial charge in [-0.2, -0.15) is 0 Å². The minimum absolute atomic E-state index is 0.107. The van der Waals surface area contributed by atoms with E-state index in [1.165, 1.54) is 17.3 Å². The third-order valence-corrected chi connectivity index (χ3v) is 3.64. The van der Waals surface area contributed by atoms with Crippen LogP contribution in [-0.2, 0) is 11.3 Å². The Kier molecular flexibility index (Phi) is 5.81.